The van der Waals surface area contributed by atoms with E-state index < -0.39 is 0 Å². The van der Waals surface area contributed by atoms with Gasteiger partial charge in [-0.3, -0.25) is 9.88 Å². The highest BCUT2D eigenvalue weighted by Gasteiger charge is 2.24. The molecular weight excluding hydrogens is 459 g/mol. The van der Waals surface area contributed by atoms with Gasteiger partial charge in [0.25, 0.3) is 0 Å². The second-order valence-corrected chi connectivity index (χ2v) is 8.97. The highest BCUT2D eigenvalue weighted by atomic mass is 19.1. The van der Waals surface area contributed by atoms with Crippen LogP contribution >= 0.6 is 0 Å². The smallest absolute Gasteiger partial charge is 0.204 e. The molecule has 5 N–H and O–H groups in total. The van der Waals surface area contributed by atoms with Crippen molar-refractivity contribution >= 4 is 34.0 Å². The number of aromatic amines is 1. The van der Waals surface area contributed by atoms with Crippen LogP contribution in [0.2, 0.25) is 0 Å². The SMILES string of the molecule is Fc1ccc(Cn2c(NC3CCN(CCNc4nc5cnccc5[nH]4)C3)nc3ccccc32)cc1.O. The molecule has 9 nitrogen and oxygen atoms in total. The fourth-order valence-electron chi connectivity index (χ4n) is 4.73. The van der Waals surface area contributed by atoms with Gasteiger partial charge in [-0.25, -0.2) is 14.4 Å². The first-order valence-electron chi connectivity index (χ1n) is 11.9. The third kappa shape index (κ3) is 5.00. The summed E-state index contributed by atoms with van der Waals surface area (Å²) in [4.78, 5) is 19.2. The minimum absolute atomic E-state index is 0. The number of imidazole rings is 2. The third-order valence-electron chi connectivity index (χ3n) is 6.52. The highest BCUT2D eigenvalue weighted by molar-refractivity contribution is 5.79. The summed E-state index contributed by atoms with van der Waals surface area (Å²) in [5.74, 6) is 1.41. The number of hydrogen-bond acceptors (Lipinski definition) is 6. The second-order valence-electron chi connectivity index (χ2n) is 8.97. The summed E-state index contributed by atoms with van der Waals surface area (Å²) in [5, 5.41) is 7.06. The normalized spacial score (nSPS) is 15.9. The number of aromatic nitrogens is 5. The minimum Gasteiger partial charge on any atom is -0.412 e. The van der Waals surface area contributed by atoms with E-state index in [2.05, 4.69) is 41.1 Å². The Morgan fingerprint density at radius 1 is 1.03 bits per heavy atom. The Bertz CT molecular complexity index is 1410. The summed E-state index contributed by atoms with van der Waals surface area (Å²) in [6.07, 6.45) is 4.57. The van der Waals surface area contributed by atoms with Crippen LogP contribution in [0, 0.1) is 5.82 Å². The third-order valence-corrected chi connectivity index (χ3v) is 6.52. The van der Waals surface area contributed by atoms with Crippen LogP contribution in [0.25, 0.3) is 22.1 Å². The van der Waals surface area contributed by atoms with E-state index in [1.54, 1.807) is 12.4 Å². The zero-order chi connectivity index (χ0) is 23.6. The first kappa shape index (κ1) is 23.7. The van der Waals surface area contributed by atoms with Crippen molar-refractivity contribution in [3.8, 4) is 0 Å². The van der Waals surface area contributed by atoms with Crippen molar-refractivity contribution in [2.75, 3.05) is 36.8 Å². The molecule has 3 aromatic heterocycles. The number of benzene rings is 2. The molecule has 1 atom stereocenters. The molecule has 0 radical (unpaired) electrons. The van der Waals surface area contributed by atoms with E-state index in [1.807, 2.05) is 36.4 Å². The Kier molecular flexibility index (Phi) is 6.79. The second kappa shape index (κ2) is 10.3. The van der Waals surface area contributed by atoms with Gasteiger partial charge in [-0.1, -0.05) is 24.3 Å². The summed E-state index contributed by atoms with van der Waals surface area (Å²) in [6.45, 7) is 4.35. The molecule has 0 bridgehead atoms. The van der Waals surface area contributed by atoms with Crippen LogP contribution in [0.15, 0.2) is 67.0 Å². The number of H-pyrrole nitrogens is 1. The fraction of sp³-hybridized carbons (Fsp3) is 0.269. The lowest BCUT2D eigenvalue weighted by Gasteiger charge is -2.18. The number of nitrogens with zero attached hydrogens (tertiary/aromatic N) is 5. The van der Waals surface area contributed by atoms with Gasteiger partial charge in [0.15, 0.2) is 0 Å². The Morgan fingerprint density at radius 3 is 2.75 bits per heavy atom. The van der Waals surface area contributed by atoms with Gasteiger partial charge in [0.1, 0.15) is 11.3 Å². The van der Waals surface area contributed by atoms with Crippen molar-refractivity contribution in [3.63, 3.8) is 0 Å². The van der Waals surface area contributed by atoms with Gasteiger partial charge in [-0.2, -0.15) is 0 Å². The van der Waals surface area contributed by atoms with E-state index in [0.29, 0.717) is 12.6 Å². The molecule has 1 fully saturated rings. The van der Waals surface area contributed by atoms with Crippen molar-refractivity contribution in [1.29, 1.82) is 0 Å². The van der Waals surface area contributed by atoms with Crippen molar-refractivity contribution in [2.24, 2.45) is 0 Å². The van der Waals surface area contributed by atoms with Gasteiger partial charge in [0, 0.05) is 38.4 Å². The van der Waals surface area contributed by atoms with E-state index in [4.69, 9.17) is 4.98 Å². The molecule has 0 spiro atoms. The van der Waals surface area contributed by atoms with Crippen LogP contribution < -0.4 is 10.6 Å². The molecule has 10 heteroatoms. The van der Waals surface area contributed by atoms with E-state index >= 15 is 0 Å². The molecule has 36 heavy (non-hydrogen) atoms. The molecule has 1 unspecified atom stereocenters. The van der Waals surface area contributed by atoms with Gasteiger partial charge in [0.05, 0.1) is 29.3 Å². The number of halogens is 1. The number of nitrogens with one attached hydrogen (secondary N) is 3. The first-order chi connectivity index (χ1) is 17.2. The topological polar surface area (TPSA) is 118 Å². The van der Waals surface area contributed by atoms with E-state index in [0.717, 1.165) is 72.1 Å². The van der Waals surface area contributed by atoms with Crippen LogP contribution in [0.4, 0.5) is 16.3 Å². The number of anilines is 2. The molecule has 0 saturated carbocycles. The minimum atomic E-state index is -0.222. The summed E-state index contributed by atoms with van der Waals surface area (Å²) in [6, 6.07) is 17.1. The highest BCUT2D eigenvalue weighted by Crippen LogP contribution is 2.24. The molecule has 1 aliphatic heterocycles. The maximum Gasteiger partial charge on any atom is 0.204 e. The molecule has 6 rings (SSSR count). The lowest BCUT2D eigenvalue weighted by Crippen LogP contribution is -2.30. The van der Waals surface area contributed by atoms with Crippen LogP contribution in [0.5, 0.6) is 0 Å². The van der Waals surface area contributed by atoms with Crippen molar-refractivity contribution < 1.29 is 9.87 Å². The average molecular weight is 489 g/mol. The van der Waals surface area contributed by atoms with Gasteiger partial charge in [-0.05, 0) is 42.3 Å². The van der Waals surface area contributed by atoms with Crippen molar-refractivity contribution in [2.45, 2.75) is 19.0 Å². The Labute approximate surface area is 207 Å². The summed E-state index contributed by atoms with van der Waals surface area (Å²) in [5.41, 5.74) is 4.91. The monoisotopic (exact) mass is 488 g/mol. The Hall–Kier alpha value is -4.02. The van der Waals surface area contributed by atoms with Gasteiger partial charge in [0.2, 0.25) is 11.9 Å². The summed E-state index contributed by atoms with van der Waals surface area (Å²) in [7, 11) is 0. The molecule has 1 saturated heterocycles. The Balaban J connectivity index is 0.00000267. The molecular formula is C26H29FN8O. The largest absolute Gasteiger partial charge is 0.412 e. The number of pyridine rings is 1. The summed E-state index contributed by atoms with van der Waals surface area (Å²) < 4.78 is 15.6. The lowest BCUT2D eigenvalue weighted by molar-refractivity contribution is 0.349. The van der Waals surface area contributed by atoms with E-state index in [-0.39, 0.29) is 11.3 Å². The standard InChI is InChI=1S/C26H27FN8.H2O/c27-19-7-5-18(6-8-19)16-35-24-4-2-1-3-22(24)33-26(35)30-20-10-13-34(17-20)14-12-29-25-31-21-9-11-28-15-23(21)32-25;/h1-9,11,15,20H,10,12-14,16-17H2,(H,30,33)(H2,29,31,32);1H2. The molecule has 0 amide bonds. The number of likely N-dealkylation sites (tertiary alicyclic amines) is 1. The van der Waals surface area contributed by atoms with Gasteiger partial charge in [-0.15, -0.1) is 0 Å². The van der Waals surface area contributed by atoms with Crippen LogP contribution in [0.3, 0.4) is 0 Å². The van der Waals surface area contributed by atoms with Crippen LogP contribution in [0.1, 0.15) is 12.0 Å². The fourth-order valence-corrected chi connectivity index (χ4v) is 4.73. The molecule has 5 aromatic rings. The Morgan fingerprint density at radius 2 is 1.89 bits per heavy atom. The zero-order valence-electron chi connectivity index (χ0n) is 19.8. The molecule has 0 aliphatic carbocycles. The van der Waals surface area contributed by atoms with Crippen LogP contribution in [-0.4, -0.2) is 67.1 Å². The number of para-hydroxylation sites is 2. The van der Waals surface area contributed by atoms with E-state index in [1.165, 1.54) is 12.1 Å². The molecule has 1 aliphatic rings. The number of hydrogen-bond donors (Lipinski definition) is 3. The molecule has 4 heterocycles. The van der Waals surface area contributed by atoms with Crippen molar-refractivity contribution in [3.05, 3.63) is 78.4 Å². The number of rotatable bonds is 8. The maximum atomic E-state index is 13.4. The molecule has 186 valence electrons. The predicted molar refractivity (Wildman–Crippen MR) is 140 cm³/mol. The van der Waals surface area contributed by atoms with Crippen molar-refractivity contribution in [1.82, 2.24) is 29.4 Å². The first-order valence-corrected chi connectivity index (χ1v) is 11.9. The van der Waals surface area contributed by atoms with E-state index in [9.17, 15) is 4.39 Å². The van der Waals surface area contributed by atoms with Gasteiger partial charge >= 0.3 is 0 Å². The predicted octanol–water partition coefficient (Wildman–Crippen LogP) is 3.27. The lowest BCUT2D eigenvalue weighted by atomic mass is 10.2. The zero-order valence-corrected chi connectivity index (χ0v) is 19.8. The maximum absolute atomic E-state index is 13.4. The molecule has 2 aromatic carbocycles. The summed E-state index contributed by atoms with van der Waals surface area (Å²) >= 11 is 0. The number of fused-ring (bicyclic) bond motifs is 2. The van der Waals surface area contributed by atoms with Gasteiger partial charge < -0.3 is 25.7 Å². The van der Waals surface area contributed by atoms with Crippen LogP contribution in [-0.2, 0) is 6.54 Å². The quantitative estimate of drug-likeness (QED) is 0.309. The average Bonchev–Trinajstić information content (AvgIpc) is 3.58.